The summed E-state index contributed by atoms with van der Waals surface area (Å²) < 4.78 is 5.76. The molecular weight excluding hydrogens is 350 g/mol. The quantitative estimate of drug-likeness (QED) is 0.796. The molecule has 7 nitrogen and oxygen atoms in total. The number of aromatic nitrogens is 2. The molecule has 2 aromatic rings. The summed E-state index contributed by atoms with van der Waals surface area (Å²) in [5, 5.41) is 5.54. The van der Waals surface area contributed by atoms with E-state index in [9.17, 15) is 4.79 Å². The molecule has 0 bridgehead atoms. The maximum atomic E-state index is 12.2. The highest BCUT2D eigenvalue weighted by Gasteiger charge is 2.23. The Morgan fingerprint density at radius 3 is 2.81 bits per heavy atom. The molecule has 1 aliphatic rings. The number of pyridine rings is 1. The Morgan fingerprint density at radius 1 is 1.38 bits per heavy atom. The number of nitrogens with one attached hydrogen (secondary N) is 1. The van der Waals surface area contributed by atoms with Gasteiger partial charge >= 0.3 is 0 Å². The van der Waals surface area contributed by atoms with E-state index in [1.165, 1.54) is 11.3 Å². The number of anilines is 1. The Bertz CT molecular complexity index is 723. The van der Waals surface area contributed by atoms with E-state index < -0.39 is 0 Å². The summed E-state index contributed by atoms with van der Waals surface area (Å²) in [5.41, 5.74) is 6.91. The molecule has 8 heteroatoms. The van der Waals surface area contributed by atoms with Gasteiger partial charge in [0.1, 0.15) is 11.5 Å². The third-order valence-corrected chi connectivity index (χ3v) is 5.06. The lowest BCUT2D eigenvalue weighted by Gasteiger charge is -2.36. The first-order valence-electron chi connectivity index (χ1n) is 8.83. The standard InChI is InChI=1S/C18H25N5O2S/c1-12-9-23(10-13(2)25-12)16-4-3-14(7-20-16)8-21-18(24)15-11-26-17(22-15)5-6-19/h3-4,7,11-13H,5-6,8-10,19H2,1-2H3,(H,21,24). The zero-order chi connectivity index (χ0) is 18.5. The average Bonchev–Trinajstić information content (AvgIpc) is 3.08. The summed E-state index contributed by atoms with van der Waals surface area (Å²) >= 11 is 1.46. The Labute approximate surface area is 157 Å². The van der Waals surface area contributed by atoms with E-state index in [4.69, 9.17) is 10.5 Å². The van der Waals surface area contributed by atoms with Crippen LogP contribution in [0.4, 0.5) is 5.82 Å². The summed E-state index contributed by atoms with van der Waals surface area (Å²) in [6.45, 7) is 6.78. The van der Waals surface area contributed by atoms with Gasteiger partial charge in [-0.2, -0.15) is 0 Å². The van der Waals surface area contributed by atoms with Crippen LogP contribution in [0.15, 0.2) is 23.7 Å². The maximum absolute atomic E-state index is 12.2. The molecule has 3 N–H and O–H groups in total. The van der Waals surface area contributed by atoms with E-state index in [1.807, 2.05) is 12.1 Å². The third-order valence-electron chi connectivity index (χ3n) is 4.15. The molecule has 0 spiro atoms. The molecule has 2 atom stereocenters. The number of thiazole rings is 1. The van der Waals surface area contributed by atoms with Gasteiger partial charge in [0.05, 0.1) is 17.2 Å². The predicted octanol–water partition coefficient (Wildman–Crippen LogP) is 1.58. The topological polar surface area (TPSA) is 93.4 Å². The van der Waals surface area contributed by atoms with Gasteiger partial charge in [0, 0.05) is 37.6 Å². The van der Waals surface area contributed by atoms with E-state index in [1.54, 1.807) is 11.6 Å². The van der Waals surface area contributed by atoms with Crippen molar-refractivity contribution in [2.24, 2.45) is 5.73 Å². The fraction of sp³-hybridized carbons (Fsp3) is 0.500. The molecule has 2 unspecified atom stereocenters. The van der Waals surface area contributed by atoms with E-state index in [0.29, 0.717) is 25.2 Å². The van der Waals surface area contributed by atoms with Crippen LogP contribution in [-0.4, -0.2) is 47.7 Å². The van der Waals surface area contributed by atoms with Crippen LogP contribution in [0.2, 0.25) is 0 Å². The zero-order valence-electron chi connectivity index (χ0n) is 15.1. The molecule has 1 saturated heterocycles. The van der Waals surface area contributed by atoms with Crippen LogP contribution in [-0.2, 0) is 17.7 Å². The normalized spacial score (nSPS) is 20.2. The first-order valence-corrected chi connectivity index (χ1v) is 9.71. The maximum Gasteiger partial charge on any atom is 0.271 e. The summed E-state index contributed by atoms with van der Waals surface area (Å²) in [4.78, 5) is 23.2. The van der Waals surface area contributed by atoms with Crippen molar-refractivity contribution in [1.29, 1.82) is 0 Å². The van der Waals surface area contributed by atoms with Crippen LogP contribution in [0.25, 0.3) is 0 Å². The Kier molecular flexibility index (Phi) is 6.18. The molecular formula is C18H25N5O2S. The highest BCUT2D eigenvalue weighted by Crippen LogP contribution is 2.18. The van der Waals surface area contributed by atoms with Gasteiger partial charge in [0.25, 0.3) is 5.91 Å². The number of hydrogen-bond acceptors (Lipinski definition) is 7. The van der Waals surface area contributed by atoms with Gasteiger partial charge in [-0.25, -0.2) is 9.97 Å². The second-order valence-electron chi connectivity index (χ2n) is 6.53. The van der Waals surface area contributed by atoms with Gasteiger partial charge in [-0.05, 0) is 32.0 Å². The van der Waals surface area contributed by atoms with Crippen LogP contribution in [0.5, 0.6) is 0 Å². The van der Waals surface area contributed by atoms with Crippen molar-refractivity contribution in [1.82, 2.24) is 15.3 Å². The number of nitrogens with two attached hydrogens (primary N) is 1. The molecule has 3 rings (SSSR count). The molecule has 2 aromatic heterocycles. The molecule has 0 saturated carbocycles. The monoisotopic (exact) mass is 375 g/mol. The van der Waals surface area contributed by atoms with Crippen molar-refractivity contribution in [2.45, 2.75) is 39.0 Å². The van der Waals surface area contributed by atoms with Gasteiger partial charge in [0.15, 0.2) is 0 Å². The highest BCUT2D eigenvalue weighted by atomic mass is 32.1. The van der Waals surface area contributed by atoms with E-state index >= 15 is 0 Å². The summed E-state index contributed by atoms with van der Waals surface area (Å²) in [5.74, 6) is 0.762. The lowest BCUT2D eigenvalue weighted by molar-refractivity contribution is -0.00546. The highest BCUT2D eigenvalue weighted by molar-refractivity contribution is 7.09. The molecule has 1 amide bonds. The smallest absolute Gasteiger partial charge is 0.271 e. The molecule has 140 valence electrons. The largest absolute Gasteiger partial charge is 0.372 e. The van der Waals surface area contributed by atoms with Crippen molar-refractivity contribution in [2.75, 3.05) is 24.5 Å². The fourth-order valence-corrected chi connectivity index (χ4v) is 3.79. The first kappa shape index (κ1) is 18.8. The molecule has 0 aromatic carbocycles. The minimum Gasteiger partial charge on any atom is -0.372 e. The van der Waals surface area contributed by atoms with Crippen molar-refractivity contribution >= 4 is 23.1 Å². The van der Waals surface area contributed by atoms with Crippen molar-refractivity contribution in [3.05, 3.63) is 40.0 Å². The number of ether oxygens (including phenoxy) is 1. The summed E-state index contributed by atoms with van der Waals surface area (Å²) in [7, 11) is 0. The minimum absolute atomic E-state index is 0.176. The van der Waals surface area contributed by atoms with Gasteiger partial charge in [-0.3, -0.25) is 4.79 Å². The second-order valence-corrected chi connectivity index (χ2v) is 7.48. The Balaban J connectivity index is 1.54. The van der Waals surface area contributed by atoms with Crippen molar-refractivity contribution in [3.8, 4) is 0 Å². The lowest BCUT2D eigenvalue weighted by Crippen LogP contribution is -2.45. The number of nitrogens with zero attached hydrogens (tertiary/aromatic N) is 3. The number of rotatable bonds is 6. The number of carbonyl (C=O) groups is 1. The molecule has 1 aliphatic heterocycles. The van der Waals surface area contributed by atoms with Gasteiger partial charge < -0.3 is 20.7 Å². The van der Waals surface area contributed by atoms with Gasteiger partial charge in [-0.15, -0.1) is 11.3 Å². The zero-order valence-corrected chi connectivity index (χ0v) is 16.0. The van der Waals surface area contributed by atoms with Gasteiger partial charge in [-0.1, -0.05) is 6.07 Å². The Hall–Kier alpha value is -2.03. The van der Waals surface area contributed by atoms with E-state index in [0.717, 1.165) is 29.5 Å². The summed E-state index contributed by atoms with van der Waals surface area (Å²) in [6.07, 6.45) is 2.90. The van der Waals surface area contributed by atoms with E-state index in [2.05, 4.69) is 34.0 Å². The third kappa shape index (κ3) is 4.78. The van der Waals surface area contributed by atoms with Crippen LogP contribution >= 0.6 is 11.3 Å². The molecule has 26 heavy (non-hydrogen) atoms. The molecule has 0 aliphatic carbocycles. The summed E-state index contributed by atoms with van der Waals surface area (Å²) in [6, 6.07) is 3.99. The van der Waals surface area contributed by atoms with Crippen molar-refractivity contribution in [3.63, 3.8) is 0 Å². The predicted molar refractivity (Wildman–Crippen MR) is 103 cm³/mol. The van der Waals surface area contributed by atoms with Crippen molar-refractivity contribution < 1.29 is 9.53 Å². The Morgan fingerprint density at radius 2 is 2.15 bits per heavy atom. The number of carbonyl (C=O) groups excluding carboxylic acids is 1. The number of morpholine rings is 1. The average molecular weight is 375 g/mol. The lowest BCUT2D eigenvalue weighted by atomic mass is 10.2. The fourth-order valence-electron chi connectivity index (χ4n) is 3.00. The van der Waals surface area contributed by atoms with E-state index in [-0.39, 0.29) is 18.1 Å². The second kappa shape index (κ2) is 8.57. The number of amides is 1. The molecule has 0 radical (unpaired) electrons. The SMILES string of the molecule is CC1CN(c2ccc(CNC(=O)c3csc(CCN)n3)cn2)CC(C)O1. The minimum atomic E-state index is -0.176. The first-order chi connectivity index (χ1) is 12.5. The molecule has 3 heterocycles. The van der Waals surface area contributed by atoms with Crippen LogP contribution < -0.4 is 16.0 Å². The molecule has 1 fully saturated rings. The van der Waals surface area contributed by atoms with Crippen LogP contribution in [0.3, 0.4) is 0 Å². The number of hydrogen-bond donors (Lipinski definition) is 2. The van der Waals surface area contributed by atoms with Crippen LogP contribution in [0, 0.1) is 0 Å². The van der Waals surface area contributed by atoms with Crippen LogP contribution in [0.1, 0.15) is 34.9 Å². The van der Waals surface area contributed by atoms with Gasteiger partial charge in [0.2, 0.25) is 0 Å².